The van der Waals surface area contributed by atoms with Gasteiger partial charge in [-0.15, -0.1) is 0 Å². The van der Waals surface area contributed by atoms with Crippen LogP contribution >= 0.6 is 0 Å². The van der Waals surface area contributed by atoms with Crippen LogP contribution in [0, 0.1) is 5.82 Å². The van der Waals surface area contributed by atoms with Crippen molar-refractivity contribution < 1.29 is 13.9 Å². The molecule has 1 heterocycles. The zero-order chi connectivity index (χ0) is 13.8. The molecule has 0 radical (unpaired) electrons. The van der Waals surface area contributed by atoms with Crippen LogP contribution in [0.5, 0.6) is 0 Å². The van der Waals surface area contributed by atoms with E-state index < -0.39 is 11.8 Å². The minimum absolute atomic E-state index is 0.149. The lowest BCUT2D eigenvalue weighted by Crippen LogP contribution is -2.11. The summed E-state index contributed by atoms with van der Waals surface area (Å²) < 4.78 is 18.3. The summed E-state index contributed by atoms with van der Waals surface area (Å²) in [6, 6.07) is 3.80. The largest absolute Gasteiger partial charge is 0.462 e. The summed E-state index contributed by atoms with van der Waals surface area (Å²) in [5.74, 6) is -1.45. The Kier molecular flexibility index (Phi) is 3.70. The van der Waals surface area contributed by atoms with Gasteiger partial charge in [0.1, 0.15) is 5.82 Å². The van der Waals surface area contributed by atoms with Crippen LogP contribution in [0.3, 0.4) is 0 Å². The van der Waals surface area contributed by atoms with Gasteiger partial charge in [-0.1, -0.05) is 6.07 Å². The molecular formula is C13H11FN2O3. The maximum absolute atomic E-state index is 13.6. The number of benzene rings is 1. The molecule has 0 amide bonds. The van der Waals surface area contributed by atoms with Gasteiger partial charge in [-0.05, 0) is 24.6 Å². The van der Waals surface area contributed by atoms with Crippen molar-refractivity contribution in [3.63, 3.8) is 0 Å². The highest BCUT2D eigenvalue weighted by Crippen LogP contribution is 2.19. The fourth-order valence-electron chi connectivity index (χ4n) is 1.61. The first kappa shape index (κ1) is 12.9. The van der Waals surface area contributed by atoms with Crippen LogP contribution in [0.15, 0.2) is 35.5 Å². The lowest BCUT2D eigenvalue weighted by Gasteiger charge is -2.05. The van der Waals surface area contributed by atoms with Gasteiger partial charge in [0, 0.05) is 6.20 Å². The van der Waals surface area contributed by atoms with Crippen molar-refractivity contribution in [1.82, 2.24) is 9.97 Å². The number of hydrogen-bond donors (Lipinski definition) is 1. The molecular weight excluding hydrogens is 251 g/mol. The highest BCUT2D eigenvalue weighted by molar-refractivity contribution is 5.91. The maximum Gasteiger partial charge on any atom is 0.341 e. The predicted molar refractivity (Wildman–Crippen MR) is 66.2 cm³/mol. The second kappa shape index (κ2) is 5.43. The number of H-pyrrole nitrogens is 1. The number of esters is 1. The summed E-state index contributed by atoms with van der Waals surface area (Å²) >= 11 is 0. The first-order valence-corrected chi connectivity index (χ1v) is 5.63. The number of carbonyl (C=O) groups is 1. The van der Waals surface area contributed by atoms with E-state index in [1.54, 1.807) is 6.92 Å². The molecule has 98 valence electrons. The predicted octanol–water partition coefficient (Wildman–Crippen LogP) is 1.75. The summed E-state index contributed by atoms with van der Waals surface area (Å²) in [6.45, 7) is 1.78. The zero-order valence-corrected chi connectivity index (χ0v) is 10.1. The van der Waals surface area contributed by atoms with Gasteiger partial charge >= 0.3 is 5.97 Å². The molecule has 5 nitrogen and oxygen atoms in total. The summed E-state index contributed by atoms with van der Waals surface area (Å²) in [6.07, 6.45) is 2.60. The van der Waals surface area contributed by atoms with Gasteiger partial charge in [-0.2, -0.15) is 0 Å². The molecule has 2 rings (SSSR count). The van der Waals surface area contributed by atoms with Gasteiger partial charge in [0.25, 0.3) is 5.56 Å². The van der Waals surface area contributed by atoms with Crippen molar-refractivity contribution in [2.45, 2.75) is 6.92 Å². The first-order chi connectivity index (χ1) is 9.13. The zero-order valence-electron chi connectivity index (χ0n) is 10.1. The van der Waals surface area contributed by atoms with E-state index in [4.69, 9.17) is 4.74 Å². The van der Waals surface area contributed by atoms with Crippen molar-refractivity contribution in [1.29, 1.82) is 0 Å². The second-order valence-corrected chi connectivity index (χ2v) is 3.71. The molecule has 1 N–H and O–H groups in total. The Bertz CT molecular complexity index is 667. The average molecular weight is 262 g/mol. The van der Waals surface area contributed by atoms with Crippen LogP contribution in [0.2, 0.25) is 0 Å². The van der Waals surface area contributed by atoms with Crippen LogP contribution < -0.4 is 5.56 Å². The number of nitrogens with zero attached hydrogens (tertiary/aromatic N) is 1. The SMILES string of the molecule is CCOC(=O)c1cc(-c2cnc[nH]c2=O)ccc1F. The highest BCUT2D eigenvalue weighted by Gasteiger charge is 2.15. The lowest BCUT2D eigenvalue weighted by molar-refractivity contribution is 0.0521. The second-order valence-electron chi connectivity index (χ2n) is 3.71. The fraction of sp³-hybridized carbons (Fsp3) is 0.154. The number of aromatic amines is 1. The summed E-state index contributed by atoms with van der Waals surface area (Å²) in [7, 11) is 0. The van der Waals surface area contributed by atoms with E-state index in [1.807, 2.05) is 0 Å². The van der Waals surface area contributed by atoms with E-state index in [-0.39, 0.29) is 23.3 Å². The van der Waals surface area contributed by atoms with Gasteiger partial charge in [-0.25, -0.2) is 14.2 Å². The standard InChI is InChI=1S/C13H11FN2O3/c1-2-19-13(18)9-5-8(3-4-11(9)14)10-6-15-7-16-12(10)17/h3-7H,2H2,1H3,(H,15,16,17). The molecule has 0 aliphatic carbocycles. The molecule has 19 heavy (non-hydrogen) atoms. The van der Waals surface area contributed by atoms with Gasteiger partial charge in [0.05, 0.1) is 24.1 Å². The third-order valence-electron chi connectivity index (χ3n) is 2.49. The molecule has 0 bridgehead atoms. The maximum atomic E-state index is 13.6. The van der Waals surface area contributed by atoms with E-state index in [1.165, 1.54) is 24.7 Å². The number of nitrogens with one attached hydrogen (secondary N) is 1. The van der Waals surface area contributed by atoms with Crippen LogP contribution in [-0.4, -0.2) is 22.5 Å². The van der Waals surface area contributed by atoms with E-state index in [0.717, 1.165) is 6.07 Å². The minimum atomic E-state index is -0.762. The average Bonchev–Trinajstić information content (AvgIpc) is 2.40. The monoisotopic (exact) mass is 262 g/mol. The molecule has 0 aliphatic heterocycles. The highest BCUT2D eigenvalue weighted by atomic mass is 19.1. The Hall–Kier alpha value is -2.50. The number of hydrogen-bond acceptors (Lipinski definition) is 4. The smallest absolute Gasteiger partial charge is 0.341 e. The number of aromatic nitrogens is 2. The molecule has 0 saturated heterocycles. The molecule has 0 fully saturated rings. The third-order valence-corrected chi connectivity index (χ3v) is 2.49. The Labute approximate surface area is 108 Å². The molecule has 0 unspecified atom stereocenters. The van der Waals surface area contributed by atoms with Crippen molar-refractivity contribution in [3.8, 4) is 11.1 Å². The van der Waals surface area contributed by atoms with E-state index in [2.05, 4.69) is 9.97 Å². The number of halogens is 1. The first-order valence-electron chi connectivity index (χ1n) is 5.63. The number of ether oxygens (including phenoxy) is 1. The van der Waals surface area contributed by atoms with Gasteiger partial charge in [0.2, 0.25) is 0 Å². The van der Waals surface area contributed by atoms with Crippen molar-refractivity contribution in [2.75, 3.05) is 6.61 Å². The molecule has 0 saturated carbocycles. The Balaban J connectivity index is 2.50. The molecule has 0 spiro atoms. The summed E-state index contributed by atoms with van der Waals surface area (Å²) in [4.78, 5) is 29.4. The number of rotatable bonds is 3. The lowest BCUT2D eigenvalue weighted by atomic mass is 10.1. The van der Waals surface area contributed by atoms with E-state index in [9.17, 15) is 14.0 Å². The molecule has 6 heteroatoms. The van der Waals surface area contributed by atoms with Crippen LogP contribution in [-0.2, 0) is 4.74 Å². The van der Waals surface area contributed by atoms with Crippen molar-refractivity contribution >= 4 is 5.97 Å². The van der Waals surface area contributed by atoms with Crippen molar-refractivity contribution in [3.05, 3.63) is 52.5 Å². The normalized spacial score (nSPS) is 10.2. The molecule has 1 aromatic heterocycles. The third kappa shape index (κ3) is 2.67. The topological polar surface area (TPSA) is 72.0 Å². The van der Waals surface area contributed by atoms with Crippen LogP contribution in [0.4, 0.5) is 4.39 Å². The number of carbonyl (C=O) groups excluding carboxylic acids is 1. The molecule has 0 aliphatic rings. The van der Waals surface area contributed by atoms with Gasteiger partial charge in [-0.3, -0.25) is 4.79 Å². The van der Waals surface area contributed by atoms with Crippen molar-refractivity contribution in [2.24, 2.45) is 0 Å². The Morgan fingerprint density at radius 3 is 2.95 bits per heavy atom. The Morgan fingerprint density at radius 1 is 1.47 bits per heavy atom. The van der Waals surface area contributed by atoms with Gasteiger partial charge < -0.3 is 9.72 Å². The van der Waals surface area contributed by atoms with Crippen LogP contribution in [0.25, 0.3) is 11.1 Å². The minimum Gasteiger partial charge on any atom is -0.462 e. The fourth-order valence-corrected chi connectivity index (χ4v) is 1.61. The van der Waals surface area contributed by atoms with E-state index in [0.29, 0.717) is 5.56 Å². The quantitative estimate of drug-likeness (QED) is 0.855. The molecule has 1 aromatic carbocycles. The van der Waals surface area contributed by atoms with E-state index >= 15 is 0 Å². The molecule has 0 atom stereocenters. The summed E-state index contributed by atoms with van der Waals surface area (Å²) in [5.41, 5.74) is 0.0888. The Morgan fingerprint density at radius 2 is 2.26 bits per heavy atom. The molecule has 2 aromatic rings. The van der Waals surface area contributed by atoms with Gasteiger partial charge in [0.15, 0.2) is 0 Å². The summed E-state index contributed by atoms with van der Waals surface area (Å²) in [5, 5.41) is 0. The van der Waals surface area contributed by atoms with Crippen LogP contribution in [0.1, 0.15) is 17.3 Å².